The van der Waals surface area contributed by atoms with Crippen LogP contribution in [0.4, 0.5) is 0 Å². The van der Waals surface area contributed by atoms with Crippen LogP contribution in [-0.4, -0.2) is 34.0 Å². The molecule has 0 aliphatic carbocycles. The summed E-state index contributed by atoms with van der Waals surface area (Å²) in [5.41, 5.74) is 1.20. The van der Waals surface area contributed by atoms with Crippen LogP contribution >= 0.6 is 11.3 Å². The van der Waals surface area contributed by atoms with E-state index in [0.29, 0.717) is 12.5 Å². The Hall–Kier alpha value is -0.940. The minimum atomic E-state index is -0.670. The van der Waals surface area contributed by atoms with Gasteiger partial charge in [0.25, 0.3) is 0 Å². The van der Waals surface area contributed by atoms with E-state index < -0.39 is 5.97 Å². The fourth-order valence-electron chi connectivity index (χ4n) is 2.69. The van der Waals surface area contributed by atoms with Gasteiger partial charge in [0.2, 0.25) is 0 Å². The molecular weight excluding hydrogens is 272 g/mol. The first kappa shape index (κ1) is 15.4. The van der Waals surface area contributed by atoms with Crippen molar-refractivity contribution in [1.29, 1.82) is 0 Å². The minimum absolute atomic E-state index is 0.0769. The zero-order chi connectivity index (χ0) is 14.9. The van der Waals surface area contributed by atoms with Crippen molar-refractivity contribution in [3.63, 3.8) is 0 Å². The zero-order valence-electron chi connectivity index (χ0n) is 12.7. The van der Waals surface area contributed by atoms with Gasteiger partial charge in [0.1, 0.15) is 5.01 Å². The van der Waals surface area contributed by atoms with Crippen LogP contribution in [0.25, 0.3) is 0 Å². The standard InChI is InChI=1S/C15H24N2O2S/c1-10-5-11(14(18)19)7-17(6-10)8-13-16-12(9-20-13)15(2,3)4/h9-11H,5-8H2,1-4H3,(H,18,19). The second kappa shape index (κ2) is 5.82. The number of rotatable bonds is 3. The molecule has 0 aromatic carbocycles. The van der Waals surface area contributed by atoms with Gasteiger partial charge in [0.15, 0.2) is 0 Å². The van der Waals surface area contributed by atoms with Crippen LogP contribution < -0.4 is 0 Å². The number of carboxylic acids is 1. The van der Waals surface area contributed by atoms with Crippen molar-refractivity contribution in [2.45, 2.75) is 46.1 Å². The number of likely N-dealkylation sites (tertiary alicyclic amines) is 1. The molecule has 112 valence electrons. The quantitative estimate of drug-likeness (QED) is 0.931. The van der Waals surface area contributed by atoms with Crippen molar-refractivity contribution >= 4 is 17.3 Å². The Morgan fingerprint density at radius 1 is 1.50 bits per heavy atom. The van der Waals surface area contributed by atoms with E-state index in [1.54, 1.807) is 11.3 Å². The van der Waals surface area contributed by atoms with E-state index in [2.05, 4.69) is 38.0 Å². The normalized spacial score (nSPS) is 24.8. The molecule has 1 aromatic heterocycles. The molecule has 1 saturated heterocycles. The Kier molecular flexibility index (Phi) is 4.49. The summed E-state index contributed by atoms with van der Waals surface area (Å²) < 4.78 is 0. The molecule has 2 rings (SSSR count). The van der Waals surface area contributed by atoms with Gasteiger partial charge in [-0.2, -0.15) is 0 Å². The molecule has 5 heteroatoms. The number of aliphatic carboxylic acids is 1. The summed E-state index contributed by atoms with van der Waals surface area (Å²) in [6, 6.07) is 0. The first-order valence-electron chi connectivity index (χ1n) is 7.15. The number of aromatic nitrogens is 1. The van der Waals surface area contributed by atoms with Crippen LogP contribution in [-0.2, 0) is 16.8 Å². The number of hydrogen-bond acceptors (Lipinski definition) is 4. The third-order valence-corrected chi connectivity index (χ3v) is 4.60. The first-order chi connectivity index (χ1) is 9.25. The number of carbonyl (C=O) groups is 1. The number of carboxylic acid groups (broad SMARTS) is 1. The van der Waals surface area contributed by atoms with Gasteiger partial charge in [-0.05, 0) is 12.3 Å². The zero-order valence-corrected chi connectivity index (χ0v) is 13.5. The molecule has 4 nitrogen and oxygen atoms in total. The van der Waals surface area contributed by atoms with Crippen LogP contribution in [0.15, 0.2) is 5.38 Å². The van der Waals surface area contributed by atoms with E-state index in [9.17, 15) is 9.90 Å². The van der Waals surface area contributed by atoms with Crippen molar-refractivity contribution in [1.82, 2.24) is 9.88 Å². The fourth-order valence-corrected chi connectivity index (χ4v) is 3.75. The number of hydrogen-bond donors (Lipinski definition) is 1. The molecule has 2 atom stereocenters. The second-order valence-electron chi connectivity index (χ2n) is 6.95. The molecule has 1 aliphatic heterocycles. The highest BCUT2D eigenvalue weighted by Gasteiger charge is 2.30. The lowest BCUT2D eigenvalue weighted by Crippen LogP contribution is -2.41. The van der Waals surface area contributed by atoms with Crippen molar-refractivity contribution in [2.75, 3.05) is 13.1 Å². The van der Waals surface area contributed by atoms with Crippen LogP contribution in [0.5, 0.6) is 0 Å². The Bertz CT molecular complexity index is 478. The summed E-state index contributed by atoms with van der Waals surface area (Å²) in [5, 5.41) is 12.4. The van der Waals surface area contributed by atoms with Crippen LogP contribution in [0.3, 0.4) is 0 Å². The Morgan fingerprint density at radius 3 is 2.75 bits per heavy atom. The third-order valence-electron chi connectivity index (χ3n) is 3.76. The summed E-state index contributed by atoms with van der Waals surface area (Å²) >= 11 is 1.68. The summed E-state index contributed by atoms with van der Waals surface area (Å²) in [7, 11) is 0. The van der Waals surface area contributed by atoms with Crippen LogP contribution in [0.2, 0.25) is 0 Å². The molecule has 0 amide bonds. The average molecular weight is 296 g/mol. The third kappa shape index (κ3) is 3.79. The molecule has 20 heavy (non-hydrogen) atoms. The minimum Gasteiger partial charge on any atom is -0.481 e. The first-order valence-corrected chi connectivity index (χ1v) is 8.03. The maximum Gasteiger partial charge on any atom is 0.307 e. The largest absolute Gasteiger partial charge is 0.481 e. The molecule has 0 radical (unpaired) electrons. The molecular formula is C15H24N2O2S. The summed E-state index contributed by atoms with van der Waals surface area (Å²) in [5.74, 6) is -0.469. The molecule has 0 bridgehead atoms. The molecule has 1 N–H and O–H groups in total. The number of thiazole rings is 1. The average Bonchev–Trinajstić information content (AvgIpc) is 2.76. The van der Waals surface area contributed by atoms with Crippen molar-refractivity contribution in [3.05, 3.63) is 16.1 Å². The van der Waals surface area contributed by atoms with E-state index in [0.717, 1.165) is 30.2 Å². The highest BCUT2D eigenvalue weighted by molar-refractivity contribution is 7.09. The predicted octanol–water partition coefficient (Wildman–Crippen LogP) is 2.98. The van der Waals surface area contributed by atoms with E-state index in [4.69, 9.17) is 4.98 Å². The molecule has 1 aliphatic rings. The van der Waals surface area contributed by atoms with Gasteiger partial charge >= 0.3 is 5.97 Å². The van der Waals surface area contributed by atoms with Crippen molar-refractivity contribution < 1.29 is 9.90 Å². The lowest BCUT2D eigenvalue weighted by atomic mass is 9.90. The van der Waals surface area contributed by atoms with Crippen LogP contribution in [0, 0.1) is 11.8 Å². The van der Waals surface area contributed by atoms with Crippen molar-refractivity contribution in [3.8, 4) is 0 Å². The lowest BCUT2D eigenvalue weighted by molar-refractivity contribution is -0.144. The molecule has 2 heterocycles. The summed E-state index contributed by atoms with van der Waals surface area (Å²) in [6.07, 6.45) is 0.789. The SMILES string of the molecule is CC1CC(C(=O)O)CN(Cc2nc(C(C)(C)C)cs2)C1. The number of piperidine rings is 1. The predicted molar refractivity (Wildman–Crippen MR) is 81.0 cm³/mol. The topological polar surface area (TPSA) is 53.4 Å². The van der Waals surface area contributed by atoms with Gasteiger partial charge in [-0.25, -0.2) is 4.98 Å². The van der Waals surface area contributed by atoms with Gasteiger partial charge in [-0.3, -0.25) is 9.69 Å². The molecule has 1 aromatic rings. The summed E-state index contributed by atoms with van der Waals surface area (Å²) in [4.78, 5) is 18.1. The monoisotopic (exact) mass is 296 g/mol. The summed E-state index contributed by atoms with van der Waals surface area (Å²) in [6.45, 7) is 11.0. The van der Waals surface area contributed by atoms with Crippen molar-refractivity contribution in [2.24, 2.45) is 11.8 Å². The maximum absolute atomic E-state index is 11.2. The highest BCUT2D eigenvalue weighted by atomic mass is 32.1. The number of nitrogens with zero attached hydrogens (tertiary/aromatic N) is 2. The maximum atomic E-state index is 11.2. The van der Waals surface area contributed by atoms with Gasteiger partial charge < -0.3 is 5.11 Å². The van der Waals surface area contributed by atoms with E-state index in [1.165, 1.54) is 0 Å². The second-order valence-corrected chi connectivity index (χ2v) is 7.89. The Balaban J connectivity index is 2.02. The Morgan fingerprint density at radius 2 is 2.20 bits per heavy atom. The molecule has 2 unspecified atom stereocenters. The van der Waals surface area contributed by atoms with Gasteiger partial charge in [-0.15, -0.1) is 11.3 Å². The lowest BCUT2D eigenvalue weighted by Gasteiger charge is -2.34. The van der Waals surface area contributed by atoms with Gasteiger partial charge in [-0.1, -0.05) is 27.7 Å². The molecule has 0 spiro atoms. The van der Waals surface area contributed by atoms with Gasteiger partial charge in [0.05, 0.1) is 18.2 Å². The van der Waals surface area contributed by atoms with E-state index >= 15 is 0 Å². The van der Waals surface area contributed by atoms with Gasteiger partial charge in [0, 0.05) is 23.9 Å². The highest BCUT2D eigenvalue weighted by Crippen LogP contribution is 2.27. The molecule has 1 fully saturated rings. The molecule has 0 saturated carbocycles. The van der Waals surface area contributed by atoms with E-state index in [-0.39, 0.29) is 11.3 Å². The van der Waals surface area contributed by atoms with Crippen LogP contribution in [0.1, 0.15) is 44.8 Å². The smallest absolute Gasteiger partial charge is 0.307 e. The fraction of sp³-hybridized carbons (Fsp3) is 0.733. The van der Waals surface area contributed by atoms with E-state index in [1.807, 2.05) is 0 Å². The Labute approximate surface area is 124 Å².